The molecule has 0 spiro atoms. The topological polar surface area (TPSA) is 77.8 Å². The second-order valence-electron chi connectivity index (χ2n) is 3.99. The van der Waals surface area contributed by atoms with Crippen LogP contribution in [0.1, 0.15) is 42.7 Å². The Balaban J connectivity index is 2.33. The molecule has 92 valence electrons. The molecule has 1 atom stereocenters. The fourth-order valence-electron chi connectivity index (χ4n) is 1.45. The van der Waals surface area contributed by atoms with Gasteiger partial charge in [-0.3, -0.25) is 0 Å². The summed E-state index contributed by atoms with van der Waals surface area (Å²) < 4.78 is 5.28. The molecule has 0 amide bonds. The average Bonchev–Trinajstić information content (AvgIpc) is 2.94. The van der Waals surface area contributed by atoms with E-state index in [9.17, 15) is 0 Å². The van der Waals surface area contributed by atoms with E-state index in [-0.39, 0.29) is 0 Å². The number of hydrogen-bond acceptors (Lipinski definition) is 6. The third-order valence-corrected chi connectivity index (χ3v) is 3.87. The summed E-state index contributed by atoms with van der Waals surface area (Å²) >= 11 is 1.51. The third-order valence-electron chi connectivity index (χ3n) is 2.70. The molecule has 2 rings (SSSR count). The maximum Gasteiger partial charge on any atom is 0.269 e. The molecule has 0 aliphatic carbocycles. The highest BCUT2D eigenvalue weighted by atomic mass is 32.1. The van der Waals surface area contributed by atoms with Crippen molar-refractivity contribution in [1.29, 1.82) is 0 Å². The fourth-order valence-corrected chi connectivity index (χ4v) is 2.31. The number of thiazole rings is 1. The molecule has 0 aromatic carbocycles. The predicted octanol–water partition coefficient (Wildman–Crippen LogP) is 2.47. The molecule has 0 aliphatic heterocycles. The molecular weight excluding hydrogens is 236 g/mol. The van der Waals surface area contributed by atoms with E-state index in [4.69, 9.17) is 10.3 Å². The van der Waals surface area contributed by atoms with E-state index in [0.29, 0.717) is 18.4 Å². The van der Waals surface area contributed by atoms with Gasteiger partial charge in [0.25, 0.3) is 5.89 Å². The largest absolute Gasteiger partial charge is 0.333 e. The standard InChI is InChI=1S/C11H16N4OS/c1-4-6(2)10-14-11(16-15-10)9-7(3)13-8(5-12)17-9/h6H,4-5,12H2,1-3H3. The number of hydrogen-bond donors (Lipinski definition) is 1. The van der Waals surface area contributed by atoms with Crippen LogP contribution in [0.15, 0.2) is 4.52 Å². The minimum absolute atomic E-state index is 0.315. The maximum absolute atomic E-state index is 5.57. The Kier molecular flexibility index (Phi) is 3.54. The Bertz CT molecular complexity index is 505. The zero-order valence-electron chi connectivity index (χ0n) is 10.2. The summed E-state index contributed by atoms with van der Waals surface area (Å²) in [6.45, 7) is 6.56. The van der Waals surface area contributed by atoms with Crippen molar-refractivity contribution in [2.24, 2.45) is 5.73 Å². The lowest BCUT2D eigenvalue weighted by molar-refractivity contribution is 0.417. The van der Waals surface area contributed by atoms with Crippen molar-refractivity contribution in [3.05, 3.63) is 16.5 Å². The predicted molar refractivity (Wildman–Crippen MR) is 66.7 cm³/mol. The van der Waals surface area contributed by atoms with Gasteiger partial charge in [-0.2, -0.15) is 4.98 Å². The van der Waals surface area contributed by atoms with Crippen molar-refractivity contribution in [1.82, 2.24) is 15.1 Å². The Hall–Kier alpha value is -1.27. The molecule has 17 heavy (non-hydrogen) atoms. The van der Waals surface area contributed by atoms with Crippen LogP contribution in [-0.2, 0) is 6.54 Å². The van der Waals surface area contributed by atoms with E-state index in [0.717, 1.165) is 27.8 Å². The lowest BCUT2D eigenvalue weighted by Crippen LogP contribution is -1.94. The Morgan fingerprint density at radius 2 is 2.18 bits per heavy atom. The lowest BCUT2D eigenvalue weighted by Gasteiger charge is -1.98. The Morgan fingerprint density at radius 3 is 2.76 bits per heavy atom. The molecule has 0 radical (unpaired) electrons. The van der Waals surface area contributed by atoms with E-state index < -0.39 is 0 Å². The molecule has 0 saturated heterocycles. The van der Waals surface area contributed by atoms with Crippen molar-refractivity contribution < 1.29 is 4.52 Å². The van der Waals surface area contributed by atoms with E-state index >= 15 is 0 Å². The van der Waals surface area contributed by atoms with Crippen LogP contribution in [0.4, 0.5) is 0 Å². The first kappa shape index (κ1) is 12.2. The summed E-state index contributed by atoms with van der Waals surface area (Å²) in [7, 11) is 0. The second kappa shape index (κ2) is 4.93. The molecule has 2 aromatic rings. The van der Waals surface area contributed by atoms with Crippen molar-refractivity contribution in [3.63, 3.8) is 0 Å². The van der Waals surface area contributed by atoms with Gasteiger partial charge < -0.3 is 10.3 Å². The molecule has 0 saturated carbocycles. The zero-order valence-corrected chi connectivity index (χ0v) is 11.0. The van der Waals surface area contributed by atoms with E-state index in [1.807, 2.05) is 6.92 Å². The highest BCUT2D eigenvalue weighted by molar-refractivity contribution is 7.15. The molecule has 1 unspecified atom stereocenters. The second-order valence-corrected chi connectivity index (χ2v) is 5.08. The molecule has 0 aliphatic rings. The number of nitrogens with two attached hydrogens (primary N) is 1. The third kappa shape index (κ3) is 2.37. The normalized spacial score (nSPS) is 12.9. The number of aromatic nitrogens is 3. The summed E-state index contributed by atoms with van der Waals surface area (Å²) in [5.74, 6) is 1.62. The first-order chi connectivity index (χ1) is 8.15. The van der Waals surface area contributed by atoms with Gasteiger partial charge in [0.1, 0.15) is 9.88 Å². The van der Waals surface area contributed by atoms with Crippen molar-refractivity contribution in [2.45, 2.75) is 39.7 Å². The van der Waals surface area contributed by atoms with Gasteiger partial charge in [-0.25, -0.2) is 4.98 Å². The van der Waals surface area contributed by atoms with Crippen LogP contribution in [0.25, 0.3) is 10.8 Å². The van der Waals surface area contributed by atoms with Crippen LogP contribution in [0.5, 0.6) is 0 Å². The Morgan fingerprint density at radius 1 is 1.41 bits per heavy atom. The highest BCUT2D eigenvalue weighted by Crippen LogP contribution is 2.29. The molecule has 2 aromatic heterocycles. The number of aryl methyl sites for hydroxylation is 1. The van der Waals surface area contributed by atoms with Gasteiger partial charge in [0.05, 0.1) is 5.69 Å². The number of rotatable bonds is 4. The monoisotopic (exact) mass is 252 g/mol. The van der Waals surface area contributed by atoms with E-state index in [1.165, 1.54) is 11.3 Å². The summed E-state index contributed by atoms with van der Waals surface area (Å²) in [5.41, 5.74) is 6.46. The van der Waals surface area contributed by atoms with E-state index in [2.05, 4.69) is 29.0 Å². The van der Waals surface area contributed by atoms with Crippen LogP contribution < -0.4 is 5.73 Å². The van der Waals surface area contributed by atoms with Gasteiger partial charge in [-0.1, -0.05) is 19.0 Å². The maximum atomic E-state index is 5.57. The van der Waals surface area contributed by atoms with Crippen molar-refractivity contribution >= 4 is 11.3 Å². The quantitative estimate of drug-likeness (QED) is 0.904. The van der Waals surface area contributed by atoms with Gasteiger partial charge in [-0.15, -0.1) is 11.3 Å². The van der Waals surface area contributed by atoms with Crippen LogP contribution >= 0.6 is 11.3 Å². The molecular formula is C11H16N4OS. The Labute approximate surface area is 104 Å². The summed E-state index contributed by atoms with van der Waals surface area (Å²) in [5, 5.41) is 4.89. The van der Waals surface area contributed by atoms with Gasteiger partial charge >= 0.3 is 0 Å². The van der Waals surface area contributed by atoms with Crippen LogP contribution in [-0.4, -0.2) is 15.1 Å². The molecule has 2 heterocycles. The van der Waals surface area contributed by atoms with Gasteiger partial charge in [0, 0.05) is 12.5 Å². The lowest BCUT2D eigenvalue weighted by atomic mass is 10.1. The first-order valence-electron chi connectivity index (χ1n) is 5.66. The fraction of sp³-hybridized carbons (Fsp3) is 0.545. The first-order valence-corrected chi connectivity index (χ1v) is 6.47. The van der Waals surface area contributed by atoms with Crippen molar-refractivity contribution in [2.75, 3.05) is 0 Å². The van der Waals surface area contributed by atoms with E-state index in [1.54, 1.807) is 0 Å². The van der Waals surface area contributed by atoms with Gasteiger partial charge in [0.2, 0.25) is 0 Å². The van der Waals surface area contributed by atoms with Crippen LogP contribution in [0, 0.1) is 6.92 Å². The zero-order chi connectivity index (χ0) is 12.4. The molecule has 2 N–H and O–H groups in total. The van der Waals surface area contributed by atoms with Crippen LogP contribution in [0.2, 0.25) is 0 Å². The van der Waals surface area contributed by atoms with Crippen molar-refractivity contribution in [3.8, 4) is 10.8 Å². The molecule has 0 fully saturated rings. The molecule has 6 heteroatoms. The summed E-state index contributed by atoms with van der Waals surface area (Å²) in [4.78, 5) is 9.68. The minimum Gasteiger partial charge on any atom is -0.333 e. The van der Waals surface area contributed by atoms with Gasteiger partial charge in [-0.05, 0) is 13.3 Å². The summed E-state index contributed by atoms with van der Waals surface area (Å²) in [6.07, 6.45) is 0.995. The van der Waals surface area contributed by atoms with Crippen LogP contribution in [0.3, 0.4) is 0 Å². The minimum atomic E-state index is 0.315. The van der Waals surface area contributed by atoms with Gasteiger partial charge in [0.15, 0.2) is 5.82 Å². The highest BCUT2D eigenvalue weighted by Gasteiger charge is 2.17. The SMILES string of the molecule is CCC(C)c1noc(-c2sc(CN)nc2C)n1. The molecule has 0 bridgehead atoms. The average molecular weight is 252 g/mol. The number of nitrogens with zero attached hydrogens (tertiary/aromatic N) is 3. The molecule has 5 nitrogen and oxygen atoms in total. The smallest absolute Gasteiger partial charge is 0.269 e. The summed E-state index contributed by atoms with van der Waals surface area (Å²) in [6, 6.07) is 0.